The number of anilines is 1. The number of hydrogen-bond donors (Lipinski definition) is 1. The van der Waals surface area contributed by atoms with Gasteiger partial charge in [-0.2, -0.15) is 0 Å². The average Bonchev–Trinajstić information content (AvgIpc) is 3.62. The Bertz CT molecular complexity index is 2840. The summed E-state index contributed by atoms with van der Waals surface area (Å²) in [5.41, 5.74) is 13.8. The molecular weight excluding hydrogens is 755 g/mol. The number of rotatable bonds is 6. The van der Waals surface area contributed by atoms with Crippen molar-refractivity contribution >= 4 is 23.7 Å². The van der Waals surface area contributed by atoms with Crippen molar-refractivity contribution in [3.05, 3.63) is 168 Å². The fourth-order valence-electron chi connectivity index (χ4n) is 8.41. The molecule has 0 saturated carbocycles. The molecular formula is C56H61BN4O. The second-order valence-corrected chi connectivity index (χ2v) is 21.1. The number of para-hydroxylation sites is 2. The third kappa shape index (κ3) is 8.28. The smallest absolute Gasteiger partial charge is 0.413 e. The van der Waals surface area contributed by atoms with Crippen molar-refractivity contribution in [3.8, 4) is 50.6 Å². The Kier molecular flexibility index (Phi) is 10.7. The minimum absolute atomic E-state index is 0.0757. The molecule has 62 heavy (non-hydrogen) atoms. The first-order chi connectivity index (χ1) is 29.2. The van der Waals surface area contributed by atoms with E-state index >= 15 is 0 Å². The number of nitrogens with zero attached hydrogens (tertiary/aromatic N) is 4. The highest BCUT2D eigenvalue weighted by molar-refractivity contribution is 6.69. The molecule has 0 radical (unpaired) electrons. The number of phenolic OH excluding ortho intramolecular Hbond substituents is 1. The molecule has 3 heterocycles. The summed E-state index contributed by atoms with van der Waals surface area (Å²) in [6, 6.07) is 43.1. The van der Waals surface area contributed by atoms with Crippen LogP contribution < -0.4 is 4.81 Å². The average molecular weight is 817 g/mol. The molecule has 0 spiro atoms. The fraction of sp³-hybridized carbons (Fsp3) is 0.286. The molecule has 0 saturated heterocycles. The molecule has 6 heteroatoms. The lowest BCUT2D eigenvalue weighted by Gasteiger charge is -2.35. The third-order valence-corrected chi connectivity index (χ3v) is 12.2. The van der Waals surface area contributed by atoms with Gasteiger partial charge < -0.3 is 14.4 Å². The van der Waals surface area contributed by atoms with Crippen molar-refractivity contribution in [2.45, 2.75) is 99.3 Å². The van der Waals surface area contributed by atoms with Gasteiger partial charge in [-0.05, 0) is 110 Å². The molecule has 0 fully saturated rings. The lowest BCUT2D eigenvalue weighted by Crippen LogP contribution is -2.43. The molecule has 5 nitrogen and oxygen atoms in total. The Hall–Kier alpha value is -6.14. The van der Waals surface area contributed by atoms with Crippen LogP contribution >= 0.6 is 0 Å². The molecule has 0 aliphatic carbocycles. The molecule has 2 aromatic heterocycles. The molecule has 0 unspecified atom stereocenters. The SMILES string of the molecule is CC(C)(C)C1=CN(c2ccccc2)B(n2c(-c3cc(C(C)(C)C)cc(C(C)(C)C)c3O)nc3c(-c4cc(-c5cc(-c6ccccc6)ccn5)cc(C(C)(C)C)c4)cccc32)C=C1. The highest BCUT2D eigenvalue weighted by Crippen LogP contribution is 2.45. The van der Waals surface area contributed by atoms with Crippen LogP contribution in [0.1, 0.15) is 99.8 Å². The van der Waals surface area contributed by atoms with Crippen LogP contribution in [0.4, 0.5) is 5.69 Å². The normalized spacial score (nSPS) is 13.8. The number of allylic oxidation sites excluding steroid dienone is 2. The van der Waals surface area contributed by atoms with Crippen LogP contribution in [-0.2, 0) is 16.2 Å². The maximum atomic E-state index is 12.5. The van der Waals surface area contributed by atoms with Gasteiger partial charge in [0.05, 0.1) is 22.3 Å². The van der Waals surface area contributed by atoms with E-state index in [-0.39, 0.29) is 34.4 Å². The number of aromatic hydroxyl groups is 1. The second-order valence-electron chi connectivity index (χ2n) is 21.1. The van der Waals surface area contributed by atoms with Crippen LogP contribution in [-0.4, -0.2) is 26.5 Å². The lowest BCUT2D eigenvalue weighted by atomic mass is 9.67. The van der Waals surface area contributed by atoms with E-state index in [4.69, 9.17) is 9.97 Å². The number of hydrogen-bond acceptors (Lipinski definition) is 4. The van der Waals surface area contributed by atoms with Crippen LogP contribution in [0.2, 0.25) is 0 Å². The lowest BCUT2D eigenvalue weighted by molar-refractivity contribution is 0.446. The Balaban J connectivity index is 1.43. The summed E-state index contributed by atoms with van der Waals surface area (Å²) in [6.45, 7) is 26.5. The van der Waals surface area contributed by atoms with Crippen LogP contribution in [0, 0.1) is 5.41 Å². The van der Waals surface area contributed by atoms with E-state index < -0.39 is 0 Å². The largest absolute Gasteiger partial charge is 0.507 e. The molecule has 1 aliphatic rings. The van der Waals surface area contributed by atoms with E-state index in [1.807, 2.05) is 12.3 Å². The van der Waals surface area contributed by atoms with Crippen molar-refractivity contribution in [1.82, 2.24) is 14.4 Å². The summed E-state index contributed by atoms with van der Waals surface area (Å²) >= 11 is 0. The Morgan fingerprint density at radius 3 is 1.84 bits per heavy atom. The van der Waals surface area contributed by atoms with E-state index in [1.165, 1.54) is 11.1 Å². The summed E-state index contributed by atoms with van der Waals surface area (Å²) < 4.78 is 2.34. The Morgan fingerprint density at radius 1 is 0.548 bits per heavy atom. The van der Waals surface area contributed by atoms with Crippen molar-refractivity contribution in [2.75, 3.05) is 4.81 Å². The first kappa shape index (κ1) is 42.6. The quantitative estimate of drug-likeness (QED) is 0.170. The zero-order valence-electron chi connectivity index (χ0n) is 38.7. The number of phenols is 1. The van der Waals surface area contributed by atoms with Gasteiger partial charge in [-0.25, -0.2) is 4.98 Å². The predicted molar refractivity (Wildman–Crippen MR) is 264 cm³/mol. The molecule has 1 N–H and O–H groups in total. The van der Waals surface area contributed by atoms with Gasteiger partial charge in [0.25, 0.3) is 0 Å². The predicted octanol–water partition coefficient (Wildman–Crippen LogP) is 14.6. The van der Waals surface area contributed by atoms with Gasteiger partial charge >= 0.3 is 6.98 Å². The zero-order valence-corrected chi connectivity index (χ0v) is 38.7. The van der Waals surface area contributed by atoms with Gasteiger partial charge in [0.15, 0.2) is 0 Å². The van der Waals surface area contributed by atoms with Crippen LogP contribution in [0.3, 0.4) is 0 Å². The molecule has 314 valence electrons. The van der Waals surface area contributed by atoms with Crippen LogP contribution in [0.25, 0.3) is 55.9 Å². The molecule has 8 rings (SSSR count). The number of pyridine rings is 1. The highest BCUT2D eigenvalue weighted by Gasteiger charge is 2.35. The number of benzene rings is 5. The van der Waals surface area contributed by atoms with E-state index in [9.17, 15) is 5.11 Å². The number of imidazole rings is 1. The van der Waals surface area contributed by atoms with Gasteiger partial charge in [0.1, 0.15) is 11.6 Å². The van der Waals surface area contributed by atoms with Crippen molar-refractivity contribution in [3.63, 3.8) is 0 Å². The van der Waals surface area contributed by atoms with Gasteiger partial charge in [0, 0.05) is 28.6 Å². The Morgan fingerprint density at radius 2 is 1.19 bits per heavy atom. The molecule has 0 amide bonds. The molecule has 0 atom stereocenters. The molecule has 5 aromatic carbocycles. The monoisotopic (exact) mass is 816 g/mol. The number of aromatic nitrogens is 3. The third-order valence-electron chi connectivity index (χ3n) is 12.2. The fourth-order valence-corrected chi connectivity index (χ4v) is 8.41. The van der Waals surface area contributed by atoms with Crippen LogP contribution in [0.15, 0.2) is 151 Å². The summed E-state index contributed by atoms with van der Waals surface area (Å²) in [5, 5.41) is 12.5. The topological polar surface area (TPSA) is 54.2 Å². The first-order valence-electron chi connectivity index (χ1n) is 22.0. The Labute approximate surface area is 370 Å². The minimum atomic E-state index is -0.317. The second kappa shape index (κ2) is 15.6. The first-order valence-corrected chi connectivity index (χ1v) is 22.0. The summed E-state index contributed by atoms with van der Waals surface area (Å²) in [7, 11) is 0. The molecule has 1 aliphatic heterocycles. The van der Waals surface area contributed by atoms with E-state index in [2.05, 4.69) is 226 Å². The van der Waals surface area contributed by atoms with Crippen molar-refractivity contribution < 1.29 is 5.11 Å². The maximum Gasteiger partial charge on any atom is 0.413 e. The van der Waals surface area contributed by atoms with Crippen molar-refractivity contribution in [2.24, 2.45) is 5.41 Å². The minimum Gasteiger partial charge on any atom is -0.507 e. The van der Waals surface area contributed by atoms with Gasteiger partial charge in [-0.3, -0.25) is 4.98 Å². The summed E-state index contributed by atoms with van der Waals surface area (Å²) in [6.07, 6.45) is 6.47. The number of fused-ring (bicyclic) bond motifs is 1. The van der Waals surface area contributed by atoms with E-state index in [0.717, 1.165) is 66.9 Å². The summed E-state index contributed by atoms with van der Waals surface area (Å²) in [5.74, 6) is 3.28. The van der Waals surface area contributed by atoms with Gasteiger partial charge in [-0.1, -0.05) is 168 Å². The highest BCUT2D eigenvalue weighted by atomic mass is 16.3. The van der Waals surface area contributed by atoms with Crippen LogP contribution in [0.5, 0.6) is 5.75 Å². The van der Waals surface area contributed by atoms with E-state index in [1.54, 1.807) is 0 Å². The summed E-state index contributed by atoms with van der Waals surface area (Å²) in [4.78, 5) is 13.0. The standard InChI is InChI=1S/C56H61BN4O/c1-53(2,3)41-26-28-57(60(36-41)44-22-17-14-18-23-44)61-49-25-19-24-45(50(49)59-52(61)46-34-43(55(7,8)9)35-47(51(46)62)56(10,11)12)39-30-40(32-42(31-39)54(4,5)6)48-33-38(27-29-58-48)37-20-15-13-16-21-37/h13-36,62H,1-12H3. The van der Waals surface area contributed by atoms with Gasteiger partial charge in [0.2, 0.25) is 0 Å². The maximum absolute atomic E-state index is 12.5. The van der Waals surface area contributed by atoms with Crippen molar-refractivity contribution in [1.29, 1.82) is 0 Å². The van der Waals surface area contributed by atoms with E-state index in [0.29, 0.717) is 5.82 Å². The van der Waals surface area contributed by atoms with Gasteiger partial charge in [-0.15, -0.1) is 0 Å². The zero-order chi connectivity index (χ0) is 44.4. The molecule has 0 bridgehead atoms. The molecule has 7 aromatic rings.